The quantitative estimate of drug-likeness (QED) is 0.496. The Kier molecular flexibility index (Phi) is 5.53. The van der Waals surface area contributed by atoms with Crippen molar-refractivity contribution in [3.8, 4) is 11.4 Å². The summed E-state index contributed by atoms with van der Waals surface area (Å²) in [6, 6.07) is 14.5. The van der Waals surface area contributed by atoms with Crippen molar-refractivity contribution in [1.82, 2.24) is 20.2 Å². The van der Waals surface area contributed by atoms with Crippen LogP contribution < -0.4 is 11.2 Å². The molecule has 8 heteroatoms. The molecule has 0 saturated carbocycles. The summed E-state index contributed by atoms with van der Waals surface area (Å²) in [6.07, 6.45) is 3.01. The highest BCUT2D eigenvalue weighted by atomic mass is 32.2. The number of aryl methyl sites for hydroxylation is 1. The van der Waals surface area contributed by atoms with Gasteiger partial charge in [-0.15, -0.1) is 10.2 Å². The number of nitrogens with zero attached hydrogens (tertiary/aromatic N) is 3. The molecule has 1 aliphatic carbocycles. The Labute approximate surface area is 172 Å². The highest BCUT2D eigenvalue weighted by Gasteiger charge is 2.25. The minimum absolute atomic E-state index is 0.0141. The van der Waals surface area contributed by atoms with Gasteiger partial charge in [-0.1, -0.05) is 48.2 Å². The number of rotatable bonds is 5. The summed E-state index contributed by atoms with van der Waals surface area (Å²) >= 11 is 1.20. The van der Waals surface area contributed by atoms with Gasteiger partial charge < -0.3 is 11.2 Å². The van der Waals surface area contributed by atoms with E-state index in [1.165, 1.54) is 33.6 Å². The number of benzene rings is 2. The van der Waals surface area contributed by atoms with E-state index in [1.807, 2.05) is 12.1 Å². The van der Waals surface area contributed by atoms with Gasteiger partial charge in [0.05, 0.1) is 16.9 Å². The average molecular weight is 412 g/mol. The molecule has 0 spiro atoms. The second-order valence-corrected chi connectivity index (χ2v) is 8.38. The third kappa shape index (κ3) is 3.98. The first-order valence-corrected chi connectivity index (χ1v) is 10.4. The zero-order chi connectivity index (χ0) is 20.4. The van der Waals surface area contributed by atoms with Crippen LogP contribution in [0.1, 0.15) is 36.9 Å². The lowest BCUT2D eigenvalue weighted by molar-refractivity contribution is -0.121. The lowest BCUT2D eigenvalue weighted by atomic mass is 9.88. The minimum Gasteiger partial charge on any atom is -0.348 e. The van der Waals surface area contributed by atoms with E-state index in [1.54, 1.807) is 25.1 Å². The third-order valence-electron chi connectivity index (χ3n) is 5.12. The molecule has 0 unspecified atom stereocenters. The number of thioether (sulfide) groups is 1. The second-order valence-electron chi connectivity index (χ2n) is 7.07. The molecule has 0 saturated heterocycles. The fraction of sp³-hybridized carbons (Fsp3) is 0.286. The van der Waals surface area contributed by atoms with Gasteiger partial charge in [0, 0.05) is 0 Å². The molecular formula is C21H22FN5OS. The predicted octanol–water partition coefficient (Wildman–Crippen LogP) is 3.47. The molecule has 1 aliphatic rings. The molecule has 2 atom stereocenters. The van der Waals surface area contributed by atoms with Crippen LogP contribution in [-0.2, 0) is 11.2 Å². The summed E-state index contributed by atoms with van der Waals surface area (Å²) in [5.74, 6) is 5.78. The molecule has 0 radical (unpaired) electrons. The molecule has 0 bridgehead atoms. The Morgan fingerprint density at radius 2 is 2.00 bits per heavy atom. The zero-order valence-corrected chi connectivity index (χ0v) is 16.8. The van der Waals surface area contributed by atoms with Gasteiger partial charge in [0.15, 0.2) is 5.82 Å². The number of nitrogens with two attached hydrogens (primary N) is 1. The number of carbonyl (C=O) groups excluding carboxylic acids is 1. The second kappa shape index (κ2) is 8.24. The van der Waals surface area contributed by atoms with Gasteiger partial charge in [-0.25, -0.2) is 9.07 Å². The number of amides is 1. The maximum absolute atomic E-state index is 14.0. The van der Waals surface area contributed by atoms with Crippen LogP contribution in [0, 0.1) is 5.82 Å². The molecule has 0 fully saturated rings. The molecule has 1 amide bonds. The highest BCUT2D eigenvalue weighted by Crippen LogP contribution is 2.31. The smallest absolute Gasteiger partial charge is 0.233 e. The van der Waals surface area contributed by atoms with E-state index in [9.17, 15) is 9.18 Å². The lowest BCUT2D eigenvalue weighted by Gasteiger charge is -2.27. The molecule has 2 aromatic carbocycles. The third-order valence-corrected chi connectivity index (χ3v) is 6.17. The van der Waals surface area contributed by atoms with Crippen molar-refractivity contribution in [1.29, 1.82) is 0 Å². The number of fused-ring (bicyclic) bond motifs is 1. The Morgan fingerprint density at radius 3 is 2.83 bits per heavy atom. The number of carbonyl (C=O) groups is 1. The summed E-state index contributed by atoms with van der Waals surface area (Å²) in [6.45, 7) is 1.80. The van der Waals surface area contributed by atoms with Crippen molar-refractivity contribution in [3.63, 3.8) is 0 Å². The molecule has 3 aromatic rings. The van der Waals surface area contributed by atoms with E-state index in [-0.39, 0.29) is 23.3 Å². The van der Waals surface area contributed by atoms with Crippen LogP contribution in [0.3, 0.4) is 0 Å². The van der Waals surface area contributed by atoms with E-state index < -0.39 is 11.1 Å². The van der Waals surface area contributed by atoms with E-state index in [2.05, 4.69) is 27.6 Å². The van der Waals surface area contributed by atoms with Crippen LogP contribution in [0.5, 0.6) is 0 Å². The van der Waals surface area contributed by atoms with Crippen molar-refractivity contribution in [2.75, 3.05) is 5.84 Å². The average Bonchev–Trinajstić information content (AvgIpc) is 3.08. The van der Waals surface area contributed by atoms with Gasteiger partial charge in [-0.2, -0.15) is 0 Å². The van der Waals surface area contributed by atoms with E-state index in [4.69, 9.17) is 5.84 Å². The fourth-order valence-electron chi connectivity index (χ4n) is 3.59. The summed E-state index contributed by atoms with van der Waals surface area (Å²) in [5.41, 5.74) is 2.75. The molecule has 6 nitrogen and oxygen atoms in total. The molecule has 29 heavy (non-hydrogen) atoms. The standard InChI is InChI=1S/C21H22FN5OS/c1-13(20(28)24-18-12-6-8-14-7-2-3-9-15(14)18)29-21-26-25-19(27(21)23)16-10-4-5-11-17(16)22/h2-5,7,9-11,13,18H,6,8,12,23H2,1H3,(H,24,28)/t13-,18+/m1/s1. The Balaban J connectivity index is 1.46. The van der Waals surface area contributed by atoms with Crippen molar-refractivity contribution < 1.29 is 9.18 Å². The largest absolute Gasteiger partial charge is 0.348 e. The first-order chi connectivity index (χ1) is 14.0. The molecular weight excluding hydrogens is 389 g/mol. The van der Waals surface area contributed by atoms with Gasteiger partial charge in [0.2, 0.25) is 11.1 Å². The van der Waals surface area contributed by atoms with Crippen LogP contribution in [0.15, 0.2) is 53.7 Å². The minimum atomic E-state index is -0.427. The summed E-state index contributed by atoms with van der Waals surface area (Å²) < 4.78 is 15.3. The SMILES string of the molecule is C[C@@H](Sc1nnc(-c2ccccc2F)n1N)C(=O)N[C@H]1CCCc2ccccc21. The number of hydrogen-bond acceptors (Lipinski definition) is 5. The van der Waals surface area contributed by atoms with Crippen LogP contribution >= 0.6 is 11.8 Å². The van der Waals surface area contributed by atoms with Crippen molar-refractivity contribution in [3.05, 3.63) is 65.5 Å². The topological polar surface area (TPSA) is 85.8 Å². The van der Waals surface area contributed by atoms with E-state index >= 15 is 0 Å². The van der Waals surface area contributed by atoms with E-state index in [0.29, 0.717) is 5.16 Å². The predicted molar refractivity (Wildman–Crippen MR) is 111 cm³/mol. The molecule has 0 aliphatic heterocycles. The number of nitrogens with one attached hydrogen (secondary N) is 1. The number of hydrogen-bond donors (Lipinski definition) is 2. The maximum Gasteiger partial charge on any atom is 0.233 e. The summed E-state index contributed by atoms with van der Waals surface area (Å²) in [4.78, 5) is 12.8. The fourth-order valence-corrected chi connectivity index (χ4v) is 4.37. The first-order valence-electron chi connectivity index (χ1n) is 9.55. The number of halogens is 1. The van der Waals surface area contributed by atoms with Crippen LogP contribution in [-0.4, -0.2) is 26.0 Å². The normalized spacial score (nSPS) is 16.8. The van der Waals surface area contributed by atoms with Crippen LogP contribution in [0.2, 0.25) is 0 Å². The van der Waals surface area contributed by atoms with Crippen molar-refractivity contribution >= 4 is 17.7 Å². The van der Waals surface area contributed by atoms with Crippen molar-refractivity contribution in [2.24, 2.45) is 0 Å². The number of aromatic nitrogens is 3. The monoisotopic (exact) mass is 411 g/mol. The molecule has 1 heterocycles. The molecule has 150 valence electrons. The first kappa shape index (κ1) is 19.4. The molecule has 3 N–H and O–H groups in total. The van der Waals surface area contributed by atoms with Gasteiger partial charge in [0.25, 0.3) is 0 Å². The number of nitrogen functional groups attached to an aromatic ring is 1. The lowest BCUT2D eigenvalue weighted by Crippen LogP contribution is -2.36. The van der Waals surface area contributed by atoms with Gasteiger partial charge in [-0.05, 0) is 49.4 Å². The van der Waals surface area contributed by atoms with Crippen LogP contribution in [0.4, 0.5) is 4.39 Å². The highest BCUT2D eigenvalue weighted by molar-refractivity contribution is 8.00. The van der Waals surface area contributed by atoms with Gasteiger partial charge in [-0.3, -0.25) is 4.79 Å². The Morgan fingerprint density at radius 1 is 1.24 bits per heavy atom. The van der Waals surface area contributed by atoms with Gasteiger partial charge >= 0.3 is 0 Å². The van der Waals surface area contributed by atoms with Crippen molar-refractivity contribution in [2.45, 2.75) is 42.6 Å². The summed E-state index contributed by atoms with van der Waals surface area (Å²) in [5, 5.41) is 11.1. The maximum atomic E-state index is 14.0. The van der Waals surface area contributed by atoms with Gasteiger partial charge in [0.1, 0.15) is 5.82 Å². The zero-order valence-electron chi connectivity index (χ0n) is 16.0. The molecule has 4 rings (SSSR count). The Hall–Kier alpha value is -2.87. The van der Waals surface area contributed by atoms with Crippen LogP contribution in [0.25, 0.3) is 11.4 Å². The molecule has 1 aromatic heterocycles. The summed E-state index contributed by atoms with van der Waals surface area (Å²) in [7, 11) is 0. The Bertz CT molecular complexity index is 1040. The van der Waals surface area contributed by atoms with E-state index in [0.717, 1.165) is 19.3 Å².